The van der Waals surface area contributed by atoms with E-state index in [4.69, 9.17) is 9.47 Å². The number of ether oxygens (including phenoxy) is 2. The van der Waals surface area contributed by atoms with E-state index in [2.05, 4.69) is 6.92 Å². The Bertz CT molecular complexity index is 941. The number of amides is 2. The fourth-order valence-electron chi connectivity index (χ4n) is 6.01. The summed E-state index contributed by atoms with van der Waals surface area (Å²) in [6.07, 6.45) is 5.61. The lowest BCUT2D eigenvalue weighted by Crippen LogP contribution is -2.52. The van der Waals surface area contributed by atoms with Crippen LogP contribution in [0.25, 0.3) is 0 Å². The third kappa shape index (κ3) is 7.43. The number of unbranched alkanes of at least 4 members (excludes halogenated alkanes) is 3. The molecule has 2 heterocycles. The largest absolute Gasteiger partial charge is 0.444 e. The molecule has 3 rings (SSSR count). The SMILES string of the molecule is CCCCCCC1C[C@H]([C@H]2OC(C)(C)N(C(C)=O)[C@H]2Cc2cc(F)cc(F)c2)N(C(=O)OC(C)(C)C)C1. The molecule has 8 heteroatoms. The van der Waals surface area contributed by atoms with E-state index in [1.54, 1.807) is 9.80 Å². The molecule has 2 saturated heterocycles. The predicted octanol–water partition coefficient (Wildman–Crippen LogP) is 6.46. The van der Waals surface area contributed by atoms with Gasteiger partial charge in [0, 0.05) is 19.5 Å². The van der Waals surface area contributed by atoms with Gasteiger partial charge in [0.2, 0.25) is 5.91 Å². The number of rotatable bonds is 8. The lowest BCUT2D eigenvalue weighted by molar-refractivity contribution is -0.145. The minimum atomic E-state index is -0.939. The molecule has 2 aliphatic rings. The summed E-state index contributed by atoms with van der Waals surface area (Å²) in [5.41, 5.74) is -1.15. The van der Waals surface area contributed by atoms with Gasteiger partial charge in [0.25, 0.3) is 0 Å². The third-order valence-electron chi connectivity index (χ3n) is 7.33. The lowest BCUT2D eigenvalue weighted by atomic mass is 9.91. The van der Waals surface area contributed by atoms with Gasteiger partial charge in [0.15, 0.2) is 0 Å². The number of hydrogen-bond acceptors (Lipinski definition) is 4. The van der Waals surface area contributed by atoms with Crippen molar-refractivity contribution in [1.82, 2.24) is 9.80 Å². The van der Waals surface area contributed by atoms with Gasteiger partial charge in [-0.2, -0.15) is 0 Å². The highest BCUT2D eigenvalue weighted by atomic mass is 19.1. The molecule has 0 aromatic heterocycles. The molecule has 0 spiro atoms. The van der Waals surface area contributed by atoms with Gasteiger partial charge in [-0.25, -0.2) is 13.6 Å². The molecular weight excluding hydrogens is 478 g/mol. The van der Waals surface area contributed by atoms with Crippen molar-refractivity contribution in [2.75, 3.05) is 6.54 Å². The molecule has 37 heavy (non-hydrogen) atoms. The minimum absolute atomic E-state index is 0.188. The molecule has 0 saturated carbocycles. The van der Waals surface area contributed by atoms with Gasteiger partial charge < -0.3 is 19.3 Å². The molecule has 0 N–H and O–H groups in total. The summed E-state index contributed by atoms with van der Waals surface area (Å²) in [5, 5.41) is 0. The molecule has 1 unspecified atom stereocenters. The van der Waals surface area contributed by atoms with Gasteiger partial charge in [-0.1, -0.05) is 32.6 Å². The summed E-state index contributed by atoms with van der Waals surface area (Å²) in [6, 6.07) is 2.60. The van der Waals surface area contributed by atoms with Crippen LogP contribution in [0.2, 0.25) is 0 Å². The second-order valence-corrected chi connectivity index (χ2v) is 12.1. The molecule has 1 aromatic rings. The Morgan fingerprint density at radius 2 is 1.76 bits per heavy atom. The van der Waals surface area contributed by atoms with Crippen molar-refractivity contribution >= 4 is 12.0 Å². The van der Waals surface area contributed by atoms with Crippen molar-refractivity contribution in [3.63, 3.8) is 0 Å². The zero-order valence-corrected chi connectivity index (χ0v) is 23.5. The summed E-state index contributed by atoms with van der Waals surface area (Å²) >= 11 is 0. The molecule has 4 atom stereocenters. The topological polar surface area (TPSA) is 59.1 Å². The highest BCUT2D eigenvalue weighted by Crippen LogP contribution is 2.41. The molecule has 208 valence electrons. The Morgan fingerprint density at radius 3 is 2.32 bits per heavy atom. The van der Waals surface area contributed by atoms with E-state index in [0.717, 1.165) is 38.2 Å². The minimum Gasteiger partial charge on any atom is -0.444 e. The van der Waals surface area contributed by atoms with Crippen LogP contribution >= 0.6 is 0 Å². The Labute approximate surface area is 220 Å². The molecule has 6 nitrogen and oxygen atoms in total. The van der Waals surface area contributed by atoms with Crippen LogP contribution in [0.4, 0.5) is 13.6 Å². The molecule has 0 radical (unpaired) electrons. The summed E-state index contributed by atoms with van der Waals surface area (Å²) in [5.74, 6) is -1.22. The van der Waals surface area contributed by atoms with Crippen molar-refractivity contribution in [1.29, 1.82) is 0 Å². The van der Waals surface area contributed by atoms with Crippen LogP contribution in [-0.4, -0.2) is 57.9 Å². The summed E-state index contributed by atoms with van der Waals surface area (Å²) < 4.78 is 40.4. The molecule has 0 aliphatic carbocycles. The monoisotopic (exact) mass is 522 g/mol. The number of nitrogens with zero attached hydrogens (tertiary/aromatic N) is 2. The van der Waals surface area contributed by atoms with E-state index < -0.39 is 41.2 Å². The van der Waals surface area contributed by atoms with E-state index in [9.17, 15) is 18.4 Å². The number of halogens is 2. The first-order valence-corrected chi connectivity index (χ1v) is 13.6. The summed E-state index contributed by atoms with van der Waals surface area (Å²) in [7, 11) is 0. The van der Waals surface area contributed by atoms with Gasteiger partial charge in [-0.3, -0.25) is 4.79 Å². The summed E-state index contributed by atoms with van der Waals surface area (Å²) in [6.45, 7) is 13.4. The smallest absolute Gasteiger partial charge is 0.410 e. The number of hydrogen-bond donors (Lipinski definition) is 0. The average molecular weight is 523 g/mol. The number of carbonyl (C=O) groups excluding carboxylic acids is 2. The summed E-state index contributed by atoms with van der Waals surface area (Å²) in [4.78, 5) is 29.6. The van der Waals surface area contributed by atoms with E-state index in [0.29, 0.717) is 18.0 Å². The van der Waals surface area contributed by atoms with Gasteiger partial charge >= 0.3 is 6.09 Å². The van der Waals surface area contributed by atoms with E-state index in [-0.39, 0.29) is 18.4 Å². The van der Waals surface area contributed by atoms with E-state index in [1.807, 2.05) is 34.6 Å². The Kier molecular flexibility index (Phi) is 9.25. The molecular formula is C29H44F2N2O4. The predicted molar refractivity (Wildman–Crippen MR) is 139 cm³/mol. The zero-order valence-electron chi connectivity index (χ0n) is 23.5. The first-order chi connectivity index (χ1) is 17.2. The second-order valence-electron chi connectivity index (χ2n) is 12.1. The lowest BCUT2D eigenvalue weighted by Gasteiger charge is -2.34. The number of benzene rings is 1. The first-order valence-electron chi connectivity index (χ1n) is 13.6. The first kappa shape index (κ1) is 29.3. The maximum atomic E-state index is 14.0. The van der Waals surface area contributed by atoms with Crippen LogP contribution in [0.15, 0.2) is 18.2 Å². The molecule has 1 aromatic carbocycles. The zero-order chi connectivity index (χ0) is 27.5. The Morgan fingerprint density at radius 1 is 1.11 bits per heavy atom. The van der Waals surface area contributed by atoms with Gasteiger partial charge in [0.05, 0.1) is 12.1 Å². The number of carbonyl (C=O) groups is 2. The van der Waals surface area contributed by atoms with E-state index >= 15 is 0 Å². The quantitative estimate of drug-likeness (QED) is 0.368. The van der Waals surface area contributed by atoms with Crippen molar-refractivity contribution in [2.24, 2.45) is 5.92 Å². The van der Waals surface area contributed by atoms with Crippen LogP contribution < -0.4 is 0 Å². The Hall–Kier alpha value is -2.22. The molecule has 0 bridgehead atoms. The fraction of sp³-hybridized carbons (Fsp3) is 0.724. The van der Waals surface area contributed by atoms with Crippen molar-refractivity contribution in [2.45, 2.75) is 123 Å². The van der Waals surface area contributed by atoms with Crippen molar-refractivity contribution in [3.8, 4) is 0 Å². The maximum absolute atomic E-state index is 14.0. The highest BCUT2D eigenvalue weighted by molar-refractivity contribution is 5.75. The van der Waals surface area contributed by atoms with Crippen LogP contribution in [0, 0.1) is 17.6 Å². The second kappa shape index (κ2) is 11.7. The van der Waals surface area contributed by atoms with E-state index in [1.165, 1.54) is 25.5 Å². The standard InChI is InChI=1S/C29H44F2N2O4/c1-8-9-10-11-12-20-15-24(32(18-20)27(35)37-28(3,4)5)26-25(33(19(2)34)29(6,7)36-26)16-21-13-22(30)17-23(31)14-21/h13-14,17,20,24-26H,8-12,15-16,18H2,1-7H3/t20?,24-,25+,26-/m1/s1. The number of likely N-dealkylation sites (tertiary alicyclic amines) is 1. The third-order valence-corrected chi connectivity index (χ3v) is 7.33. The highest BCUT2D eigenvalue weighted by Gasteiger charge is 2.55. The molecule has 2 fully saturated rings. The normalized spacial score (nSPS) is 25.5. The van der Waals surface area contributed by atoms with Crippen molar-refractivity contribution < 1.29 is 27.8 Å². The van der Waals surface area contributed by atoms with Crippen molar-refractivity contribution in [3.05, 3.63) is 35.4 Å². The van der Waals surface area contributed by atoms with Crippen LogP contribution in [0.3, 0.4) is 0 Å². The van der Waals surface area contributed by atoms with Gasteiger partial charge in [0.1, 0.15) is 29.1 Å². The molecule has 2 amide bonds. The fourth-order valence-corrected chi connectivity index (χ4v) is 6.01. The maximum Gasteiger partial charge on any atom is 0.410 e. The Balaban J connectivity index is 1.94. The van der Waals surface area contributed by atoms with Gasteiger partial charge in [-0.05, 0) is 77.5 Å². The average Bonchev–Trinajstić information content (AvgIpc) is 3.27. The van der Waals surface area contributed by atoms with Crippen LogP contribution in [0.5, 0.6) is 0 Å². The van der Waals surface area contributed by atoms with Crippen LogP contribution in [0.1, 0.15) is 92.6 Å². The van der Waals surface area contributed by atoms with Crippen LogP contribution in [-0.2, 0) is 20.7 Å². The molecule has 2 aliphatic heterocycles. The van der Waals surface area contributed by atoms with Gasteiger partial charge in [-0.15, -0.1) is 0 Å².